The average molecular weight is 311 g/mol. The van der Waals surface area contributed by atoms with Crippen LogP contribution in [0.2, 0.25) is 0 Å². The highest BCUT2D eigenvalue weighted by atomic mass is 16.2. The Kier molecular flexibility index (Phi) is 4.03. The Bertz CT molecular complexity index is 798. The third kappa shape index (κ3) is 2.91. The van der Waals surface area contributed by atoms with Gasteiger partial charge in [-0.1, -0.05) is 11.6 Å². The minimum Gasteiger partial charge on any atom is -0.354 e. The van der Waals surface area contributed by atoms with E-state index in [1.807, 2.05) is 39.0 Å². The molecule has 1 aromatic carbocycles. The van der Waals surface area contributed by atoms with Crippen molar-refractivity contribution in [3.8, 4) is 0 Å². The summed E-state index contributed by atoms with van der Waals surface area (Å²) < 4.78 is 0. The fourth-order valence-electron chi connectivity index (χ4n) is 3.03. The summed E-state index contributed by atoms with van der Waals surface area (Å²) in [5.41, 5.74) is 4.19. The lowest BCUT2D eigenvalue weighted by atomic mass is 9.98. The Labute approximate surface area is 135 Å². The predicted molar refractivity (Wildman–Crippen MR) is 89.5 cm³/mol. The number of hydrogen-bond acceptors (Lipinski definition) is 3. The van der Waals surface area contributed by atoms with Gasteiger partial charge in [-0.2, -0.15) is 0 Å². The minimum atomic E-state index is -0.455. The first kappa shape index (κ1) is 15.5. The monoisotopic (exact) mass is 311 g/mol. The van der Waals surface area contributed by atoms with Crippen molar-refractivity contribution in [2.75, 3.05) is 6.54 Å². The van der Waals surface area contributed by atoms with Gasteiger partial charge in [0, 0.05) is 17.6 Å². The van der Waals surface area contributed by atoms with E-state index in [0.717, 1.165) is 34.1 Å². The maximum atomic E-state index is 12.8. The number of nitrogens with one attached hydrogen (secondary N) is 2. The molecule has 23 heavy (non-hydrogen) atoms. The van der Waals surface area contributed by atoms with E-state index >= 15 is 0 Å². The molecular formula is C18H21N3O2. The molecular weight excluding hydrogens is 290 g/mol. The number of benzene rings is 1. The van der Waals surface area contributed by atoms with Crippen molar-refractivity contribution in [2.45, 2.75) is 39.7 Å². The fourth-order valence-corrected chi connectivity index (χ4v) is 3.03. The molecule has 0 bridgehead atoms. The van der Waals surface area contributed by atoms with Crippen LogP contribution in [0.4, 0.5) is 0 Å². The summed E-state index contributed by atoms with van der Waals surface area (Å²) in [5.74, 6) is -0.306. The Balaban J connectivity index is 2.03. The molecule has 0 saturated carbocycles. The summed E-state index contributed by atoms with van der Waals surface area (Å²) in [4.78, 5) is 29.3. The van der Waals surface area contributed by atoms with Crippen LogP contribution in [0.3, 0.4) is 0 Å². The zero-order chi connectivity index (χ0) is 16.6. The molecule has 1 aliphatic heterocycles. The third-order valence-electron chi connectivity index (χ3n) is 4.44. The van der Waals surface area contributed by atoms with E-state index in [9.17, 15) is 9.59 Å². The van der Waals surface area contributed by atoms with Crippen LogP contribution >= 0.6 is 0 Å². The molecule has 2 amide bonds. The van der Waals surface area contributed by atoms with Crippen molar-refractivity contribution < 1.29 is 9.59 Å². The number of amides is 2. The Morgan fingerprint density at radius 1 is 1.30 bits per heavy atom. The number of piperidine rings is 1. The smallest absolute Gasteiger partial charge is 0.252 e. The van der Waals surface area contributed by atoms with Gasteiger partial charge in [-0.15, -0.1) is 0 Å². The molecule has 5 nitrogen and oxygen atoms in total. The highest BCUT2D eigenvalue weighted by molar-refractivity contribution is 6.09. The molecule has 1 fully saturated rings. The standard InChI is InChI=1S/C18H21N3O2/c1-10-6-7-14-13(9-10)16(11(2)12(3)20-14)18(23)21-15-5-4-8-19-17(15)22/h6-7,9,15H,4-5,8H2,1-3H3,(H,19,22)(H,21,23). The Hall–Kier alpha value is -2.43. The lowest BCUT2D eigenvalue weighted by Gasteiger charge is -2.23. The largest absolute Gasteiger partial charge is 0.354 e. The van der Waals surface area contributed by atoms with E-state index in [0.29, 0.717) is 18.5 Å². The topological polar surface area (TPSA) is 71.1 Å². The number of hydrogen-bond donors (Lipinski definition) is 2. The van der Waals surface area contributed by atoms with Gasteiger partial charge < -0.3 is 10.6 Å². The number of aromatic nitrogens is 1. The van der Waals surface area contributed by atoms with Crippen molar-refractivity contribution in [1.82, 2.24) is 15.6 Å². The second-order valence-corrected chi connectivity index (χ2v) is 6.18. The van der Waals surface area contributed by atoms with Crippen molar-refractivity contribution in [1.29, 1.82) is 0 Å². The molecule has 3 rings (SSSR count). The number of nitrogens with zero attached hydrogens (tertiary/aromatic N) is 1. The van der Waals surface area contributed by atoms with Gasteiger partial charge in [0.1, 0.15) is 6.04 Å². The van der Waals surface area contributed by atoms with Gasteiger partial charge in [-0.05, 0) is 51.3 Å². The zero-order valence-electron chi connectivity index (χ0n) is 13.7. The Morgan fingerprint density at radius 3 is 2.83 bits per heavy atom. The van der Waals surface area contributed by atoms with Gasteiger partial charge in [0.25, 0.3) is 5.91 Å². The summed E-state index contributed by atoms with van der Waals surface area (Å²) in [5, 5.41) is 6.52. The molecule has 1 atom stereocenters. The molecule has 2 heterocycles. The maximum absolute atomic E-state index is 12.8. The normalized spacial score (nSPS) is 17.9. The summed E-state index contributed by atoms with van der Waals surface area (Å²) in [6, 6.07) is 5.44. The summed E-state index contributed by atoms with van der Waals surface area (Å²) in [6.07, 6.45) is 1.56. The van der Waals surface area contributed by atoms with Crippen LogP contribution in [-0.4, -0.2) is 29.4 Å². The molecule has 1 aliphatic rings. The SMILES string of the molecule is Cc1ccc2nc(C)c(C)c(C(=O)NC3CCCNC3=O)c2c1. The van der Waals surface area contributed by atoms with Crippen LogP contribution in [0.5, 0.6) is 0 Å². The molecule has 2 N–H and O–H groups in total. The Morgan fingerprint density at radius 2 is 2.09 bits per heavy atom. The minimum absolute atomic E-state index is 0.103. The van der Waals surface area contributed by atoms with Gasteiger partial charge in [-0.25, -0.2) is 0 Å². The van der Waals surface area contributed by atoms with E-state index in [4.69, 9.17) is 0 Å². The van der Waals surface area contributed by atoms with Gasteiger partial charge in [0.05, 0.1) is 11.1 Å². The highest BCUT2D eigenvalue weighted by Crippen LogP contribution is 2.24. The van der Waals surface area contributed by atoms with Gasteiger partial charge in [0.2, 0.25) is 5.91 Å². The first-order chi connectivity index (χ1) is 11.0. The number of carbonyl (C=O) groups is 2. The maximum Gasteiger partial charge on any atom is 0.252 e. The third-order valence-corrected chi connectivity index (χ3v) is 4.44. The number of rotatable bonds is 2. The van der Waals surface area contributed by atoms with Crippen LogP contribution in [0, 0.1) is 20.8 Å². The lowest BCUT2D eigenvalue weighted by Crippen LogP contribution is -2.50. The average Bonchev–Trinajstić information content (AvgIpc) is 2.51. The van der Waals surface area contributed by atoms with E-state index in [-0.39, 0.29) is 11.8 Å². The molecule has 1 aromatic heterocycles. The lowest BCUT2D eigenvalue weighted by molar-refractivity contribution is -0.124. The predicted octanol–water partition coefficient (Wildman–Crippen LogP) is 2.17. The quantitative estimate of drug-likeness (QED) is 0.893. The van der Waals surface area contributed by atoms with Crippen LogP contribution in [0.1, 0.15) is 40.0 Å². The van der Waals surface area contributed by atoms with Crippen molar-refractivity contribution in [3.63, 3.8) is 0 Å². The summed E-state index contributed by atoms with van der Waals surface area (Å²) in [7, 11) is 0. The second kappa shape index (κ2) is 5.99. The summed E-state index contributed by atoms with van der Waals surface area (Å²) in [6.45, 7) is 6.48. The molecule has 0 spiro atoms. The van der Waals surface area contributed by atoms with E-state index in [2.05, 4.69) is 15.6 Å². The van der Waals surface area contributed by atoms with Crippen LogP contribution in [0.15, 0.2) is 18.2 Å². The molecule has 1 unspecified atom stereocenters. The van der Waals surface area contributed by atoms with Crippen molar-refractivity contribution in [2.24, 2.45) is 0 Å². The molecule has 0 aliphatic carbocycles. The number of pyridine rings is 1. The first-order valence-corrected chi connectivity index (χ1v) is 7.93. The highest BCUT2D eigenvalue weighted by Gasteiger charge is 2.26. The molecule has 120 valence electrons. The molecule has 5 heteroatoms. The van der Waals surface area contributed by atoms with E-state index in [1.165, 1.54) is 0 Å². The number of fused-ring (bicyclic) bond motifs is 1. The van der Waals surface area contributed by atoms with E-state index in [1.54, 1.807) is 0 Å². The van der Waals surface area contributed by atoms with Crippen LogP contribution < -0.4 is 10.6 Å². The number of aryl methyl sites for hydroxylation is 2. The van der Waals surface area contributed by atoms with Crippen LogP contribution in [0.25, 0.3) is 10.9 Å². The molecule has 1 saturated heterocycles. The fraction of sp³-hybridized carbons (Fsp3) is 0.389. The van der Waals surface area contributed by atoms with E-state index < -0.39 is 6.04 Å². The first-order valence-electron chi connectivity index (χ1n) is 7.93. The van der Waals surface area contributed by atoms with Crippen molar-refractivity contribution in [3.05, 3.63) is 40.6 Å². The second-order valence-electron chi connectivity index (χ2n) is 6.18. The van der Waals surface area contributed by atoms with Gasteiger partial charge in [0.15, 0.2) is 0 Å². The number of carbonyl (C=O) groups excluding carboxylic acids is 2. The summed E-state index contributed by atoms with van der Waals surface area (Å²) >= 11 is 0. The molecule has 0 radical (unpaired) electrons. The van der Waals surface area contributed by atoms with Gasteiger partial charge in [-0.3, -0.25) is 14.6 Å². The zero-order valence-corrected chi connectivity index (χ0v) is 13.7. The van der Waals surface area contributed by atoms with Gasteiger partial charge >= 0.3 is 0 Å². The molecule has 2 aromatic rings. The van der Waals surface area contributed by atoms with Crippen LogP contribution in [-0.2, 0) is 4.79 Å². The van der Waals surface area contributed by atoms with Crippen molar-refractivity contribution >= 4 is 22.7 Å².